The third-order valence-corrected chi connectivity index (χ3v) is 2.35. The predicted molar refractivity (Wildman–Crippen MR) is 75.0 cm³/mol. The second kappa shape index (κ2) is 7.36. The van der Waals surface area contributed by atoms with Gasteiger partial charge in [-0.1, -0.05) is 50.3 Å². The molecule has 0 aliphatic rings. The van der Waals surface area contributed by atoms with Gasteiger partial charge < -0.3 is 10.6 Å². The Morgan fingerprint density at radius 2 is 1.84 bits per heavy atom. The van der Waals surface area contributed by atoms with E-state index in [9.17, 15) is 9.59 Å². The summed E-state index contributed by atoms with van der Waals surface area (Å²) in [6.07, 6.45) is 1.74. The molecule has 1 aromatic rings. The Kier molecular flexibility index (Phi) is 5.79. The summed E-state index contributed by atoms with van der Waals surface area (Å²) >= 11 is 0. The molecule has 1 aromatic carbocycles. The first-order valence-corrected chi connectivity index (χ1v) is 6.30. The number of allylic oxidation sites excluding steroid dienone is 1. The molecule has 0 spiro atoms. The SMILES string of the molecule is CC(=O)N/C(=C\C(C)C)C(=O)NCc1ccccc1. The normalized spacial score (nSPS) is 11.3. The molecule has 4 nitrogen and oxygen atoms in total. The van der Waals surface area contributed by atoms with Crippen LogP contribution in [0.4, 0.5) is 0 Å². The quantitative estimate of drug-likeness (QED) is 0.795. The van der Waals surface area contributed by atoms with Gasteiger partial charge in [0.05, 0.1) is 0 Å². The van der Waals surface area contributed by atoms with Gasteiger partial charge in [-0.25, -0.2) is 0 Å². The summed E-state index contributed by atoms with van der Waals surface area (Å²) in [7, 11) is 0. The van der Waals surface area contributed by atoms with Crippen LogP contribution in [0.1, 0.15) is 26.3 Å². The maximum absolute atomic E-state index is 12.0. The first-order chi connectivity index (χ1) is 8.99. The van der Waals surface area contributed by atoms with Crippen molar-refractivity contribution in [2.24, 2.45) is 5.92 Å². The van der Waals surface area contributed by atoms with Gasteiger partial charge in [0.15, 0.2) is 0 Å². The number of carbonyl (C=O) groups excluding carboxylic acids is 2. The topological polar surface area (TPSA) is 58.2 Å². The molecule has 0 bridgehead atoms. The summed E-state index contributed by atoms with van der Waals surface area (Å²) < 4.78 is 0. The van der Waals surface area contributed by atoms with E-state index in [4.69, 9.17) is 0 Å². The van der Waals surface area contributed by atoms with Crippen LogP contribution >= 0.6 is 0 Å². The number of rotatable bonds is 5. The molecule has 2 N–H and O–H groups in total. The van der Waals surface area contributed by atoms with E-state index in [-0.39, 0.29) is 17.7 Å². The average molecular weight is 260 g/mol. The Balaban J connectivity index is 2.65. The van der Waals surface area contributed by atoms with Crippen molar-refractivity contribution in [2.45, 2.75) is 27.3 Å². The molecule has 102 valence electrons. The third kappa shape index (κ3) is 5.86. The third-order valence-electron chi connectivity index (χ3n) is 2.35. The highest BCUT2D eigenvalue weighted by Gasteiger charge is 2.11. The van der Waals surface area contributed by atoms with Gasteiger partial charge in [-0.2, -0.15) is 0 Å². The van der Waals surface area contributed by atoms with Crippen LogP contribution in [0.25, 0.3) is 0 Å². The van der Waals surface area contributed by atoms with E-state index in [0.29, 0.717) is 12.2 Å². The molecule has 0 aromatic heterocycles. The van der Waals surface area contributed by atoms with Crippen LogP contribution in [-0.2, 0) is 16.1 Å². The van der Waals surface area contributed by atoms with Crippen LogP contribution in [0.5, 0.6) is 0 Å². The molecule has 1 rings (SSSR count). The van der Waals surface area contributed by atoms with Gasteiger partial charge in [0, 0.05) is 13.5 Å². The number of hydrogen-bond acceptors (Lipinski definition) is 2. The number of amides is 2. The molecule has 0 fully saturated rings. The standard InChI is InChI=1S/C15H20N2O2/c1-11(2)9-14(17-12(3)18)15(19)16-10-13-7-5-4-6-8-13/h4-9,11H,10H2,1-3H3,(H,16,19)(H,17,18)/b14-9-. The fourth-order valence-electron chi connectivity index (χ4n) is 1.57. The number of hydrogen-bond donors (Lipinski definition) is 2. The van der Waals surface area contributed by atoms with E-state index in [0.717, 1.165) is 5.56 Å². The molecule has 4 heteroatoms. The van der Waals surface area contributed by atoms with Crippen molar-refractivity contribution >= 4 is 11.8 Å². The lowest BCUT2D eigenvalue weighted by atomic mass is 10.1. The van der Waals surface area contributed by atoms with Crippen molar-refractivity contribution in [3.05, 3.63) is 47.7 Å². The van der Waals surface area contributed by atoms with Crippen molar-refractivity contribution in [3.63, 3.8) is 0 Å². The highest BCUT2D eigenvalue weighted by Crippen LogP contribution is 2.02. The minimum atomic E-state index is -0.271. The van der Waals surface area contributed by atoms with Gasteiger partial charge in [-0.05, 0) is 11.5 Å². The molecule has 0 saturated heterocycles. The molecule has 0 aliphatic carbocycles. The maximum Gasteiger partial charge on any atom is 0.267 e. The van der Waals surface area contributed by atoms with Gasteiger partial charge in [-0.15, -0.1) is 0 Å². The second-order valence-electron chi connectivity index (χ2n) is 4.67. The zero-order valence-corrected chi connectivity index (χ0v) is 11.6. The molecule has 0 radical (unpaired) electrons. The van der Waals surface area contributed by atoms with Gasteiger partial charge in [0.2, 0.25) is 5.91 Å². The Hall–Kier alpha value is -2.10. The Labute approximate surface area is 113 Å². The predicted octanol–water partition coefficient (Wildman–Crippen LogP) is 1.98. The lowest BCUT2D eigenvalue weighted by molar-refractivity contribution is -0.122. The summed E-state index contributed by atoms with van der Waals surface area (Å²) in [6, 6.07) is 9.63. The van der Waals surface area contributed by atoms with E-state index >= 15 is 0 Å². The Morgan fingerprint density at radius 3 is 2.37 bits per heavy atom. The van der Waals surface area contributed by atoms with Gasteiger partial charge in [0.25, 0.3) is 5.91 Å². The molecule has 0 aliphatic heterocycles. The van der Waals surface area contributed by atoms with E-state index in [1.807, 2.05) is 44.2 Å². The molecule has 0 heterocycles. The van der Waals surface area contributed by atoms with Crippen LogP contribution in [0.3, 0.4) is 0 Å². The highest BCUT2D eigenvalue weighted by atomic mass is 16.2. The van der Waals surface area contributed by atoms with Crippen LogP contribution in [0.2, 0.25) is 0 Å². The monoisotopic (exact) mass is 260 g/mol. The van der Waals surface area contributed by atoms with Crippen molar-refractivity contribution in [1.82, 2.24) is 10.6 Å². The van der Waals surface area contributed by atoms with Gasteiger partial charge in [-0.3, -0.25) is 9.59 Å². The van der Waals surface area contributed by atoms with E-state index in [1.54, 1.807) is 6.08 Å². The minimum Gasteiger partial charge on any atom is -0.347 e. The second-order valence-corrected chi connectivity index (χ2v) is 4.67. The van der Waals surface area contributed by atoms with Crippen LogP contribution in [-0.4, -0.2) is 11.8 Å². The van der Waals surface area contributed by atoms with Gasteiger partial charge in [0.1, 0.15) is 5.70 Å². The average Bonchev–Trinajstić information content (AvgIpc) is 2.35. The molecular weight excluding hydrogens is 240 g/mol. The molecule has 2 amide bonds. The molecule has 0 saturated carbocycles. The highest BCUT2D eigenvalue weighted by molar-refractivity contribution is 5.96. The van der Waals surface area contributed by atoms with Crippen LogP contribution < -0.4 is 10.6 Å². The maximum atomic E-state index is 12.0. The fraction of sp³-hybridized carbons (Fsp3) is 0.333. The van der Waals surface area contributed by atoms with Crippen molar-refractivity contribution < 1.29 is 9.59 Å². The van der Waals surface area contributed by atoms with Crippen LogP contribution in [0, 0.1) is 5.92 Å². The summed E-state index contributed by atoms with van der Waals surface area (Å²) in [4.78, 5) is 23.1. The Morgan fingerprint density at radius 1 is 1.21 bits per heavy atom. The van der Waals surface area contributed by atoms with Crippen LogP contribution in [0.15, 0.2) is 42.1 Å². The zero-order chi connectivity index (χ0) is 14.3. The number of nitrogens with one attached hydrogen (secondary N) is 2. The summed E-state index contributed by atoms with van der Waals surface area (Å²) in [6.45, 7) is 5.73. The van der Waals surface area contributed by atoms with E-state index < -0.39 is 0 Å². The lowest BCUT2D eigenvalue weighted by Crippen LogP contribution is -2.33. The summed E-state index contributed by atoms with van der Waals surface area (Å²) in [5.41, 5.74) is 1.32. The largest absolute Gasteiger partial charge is 0.347 e. The lowest BCUT2D eigenvalue weighted by Gasteiger charge is -2.10. The molecule has 19 heavy (non-hydrogen) atoms. The first-order valence-electron chi connectivity index (χ1n) is 6.30. The zero-order valence-electron chi connectivity index (χ0n) is 11.6. The summed E-state index contributed by atoms with van der Waals surface area (Å²) in [5, 5.41) is 5.35. The van der Waals surface area contributed by atoms with Crippen molar-refractivity contribution in [3.8, 4) is 0 Å². The van der Waals surface area contributed by atoms with E-state index in [2.05, 4.69) is 10.6 Å². The van der Waals surface area contributed by atoms with Gasteiger partial charge >= 0.3 is 0 Å². The fourth-order valence-corrected chi connectivity index (χ4v) is 1.57. The molecule has 0 unspecified atom stereocenters. The van der Waals surface area contributed by atoms with Crippen molar-refractivity contribution in [1.29, 1.82) is 0 Å². The molecule has 0 atom stereocenters. The minimum absolute atomic E-state index is 0.185. The Bertz CT molecular complexity index is 464. The van der Waals surface area contributed by atoms with E-state index in [1.165, 1.54) is 6.92 Å². The molecular formula is C15H20N2O2. The number of carbonyl (C=O) groups is 2. The first kappa shape index (κ1) is 15.0. The summed E-state index contributed by atoms with van der Waals surface area (Å²) in [5.74, 6) is -0.334. The number of benzene rings is 1. The smallest absolute Gasteiger partial charge is 0.267 e. The van der Waals surface area contributed by atoms with Crippen molar-refractivity contribution in [2.75, 3.05) is 0 Å².